The summed E-state index contributed by atoms with van der Waals surface area (Å²) in [7, 11) is -3.84. The van der Waals surface area contributed by atoms with Crippen molar-refractivity contribution in [3.8, 4) is 5.88 Å². The van der Waals surface area contributed by atoms with Crippen LogP contribution in [-0.2, 0) is 10.0 Å². The van der Waals surface area contributed by atoms with Gasteiger partial charge in [-0.15, -0.1) is 0 Å². The molecule has 22 heavy (non-hydrogen) atoms. The molecule has 0 aliphatic carbocycles. The van der Waals surface area contributed by atoms with Crippen molar-refractivity contribution < 1.29 is 17.5 Å². The number of halogens is 1. The predicted octanol–water partition coefficient (Wildman–Crippen LogP) is 2.06. The van der Waals surface area contributed by atoms with Crippen LogP contribution in [0.3, 0.4) is 0 Å². The summed E-state index contributed by atoms with van der Waals surface area (Å²) in [6.07, 6.45) is 1.87. The van der Waals surface area contributed by atoms with Crippen molar-refractivity contribution >= 4 is 10.0 Å². The number of nitrogens with zero attached hydrogens (tertiary/aromatic N) is 2. The van der Waals surface area contributed by atoms with Crippen LogP contribution in [0.5, 0.6) is 5.88 Å². The zero-order chi connectivity index (χ0) is 15.6. The Morgan fingerprint density at radius 2 is 1.95 bits per heavy atom. The highest BCUT2D eigenvalue weighted by Crippen LogP contribution is 2.24. The van der Waals surface area contributed by atoms with Crippen LogP contribution in [-0.4, -0.2) is 36.9 Å². The van der Waals surface area contributed by atoms with Gasteiger partial charge in [-0.25, -0.2) is 17.8 Å². The smallest absolute Gasteiger partial charge is 0.246 e. The fraction of sp³-hybridized carbons (Fsp3) is 0.267. The van der Waals surface area contributed by atoms with Gasteiger partial charge in [-0.2, -0.15) is 4.31 Å². The molecular formula is C15H15FN2O3S. The maximum Gasteiger partial charge on any atom is 0.246 e. The van der Waals surface area contributed by atoms with Crippen LogP contribution in [0.15, 0.2) is 53.6 Å². The first kappa shape index (κ1) is 14.9. The third-order valence-electron chi connectivity index (χ3n) is 3.49. The summed E-state index contributed by atoms with van der Waals surface area (Å²) in [6.45, 7) is 0.488. The zero-order valence-corrected chi connectivity index (χ0v) is 12.5. The molecule has 2 aromatic rings. The molecule has 1 aliphatic heterocycles. The van der Waals surface area contributed by atoms with Crippen LogP contribution < -0.4 is 4.74 Å². The molecule has 0 N–H and O–H groups in total. The molecule has 1 aromatic carbocycles. The van der Waals surface area contributed by atoms with E-state index in [1.54, 1.807) is 24.4 Å². The Balaban J connectivity index is 1.74. The minimum atomic E-state index is -3.84. The van der Waals surface area contributed by atoms with Crippen LogP contribution >= 0.6 is 0 Å². The van der Waals surface area contributed by atoms with Gasteiger partial charge in [0.25, 0.3) is 0 Å². The molecule has 1 aromatic heterocycles. The lowest BCUT2D eigenvalue weighted by atomic mass is 10.3. The first-order valence-electron chi connectivity index (χ1n) is 6.90. The predicted molar refractivity (Wildman–Crippen MR) is 78.4 cm³/mol. The van der Waals surface area contributed by atoms with Gasteiger partial charge in [-0.3, -0.25) is 0 Å². The summed E-state index contributed by atoms with van der Waals surface area (Å²) in [4.78, 5) is 3.75. The number of ether oxygens (including phenoxy) is 1. The van der Waals surface area contributed by atoms with Crippen LogP contribution in [0.25, 0.3) is 0 Å². The van der Waals surface area contributed by atoms with Gasteiger partial charge >= 0.3 is 0 Å². The van der Waals surface area contributed by atoms with Crippen molar-refractivity contribution in [1.82, 2.24) is 9.29 Å². The quantitative estimate of drug-likeness (QED) is 0.864. The minimum Gasteiger partial charge on any atom is -0.473 e. The van der Waals surface area contributed by atoms with Crippen LogP contribution in [0, 0.1) is 5.82 Å². The molecule has 116 valence electrons. The van der Waals surface area contributed by atoms with E-state index >= 15 is 0 Å². The molecule has 3 rings (SSSR count). The maximum atomic E-state index is 13.7. The van der Waals surface area contributed by atoms with Crippen LogP contribution in [0.1, 0.15) is 6.42 Å². The minimum absolute atomic E-state index is 0.188. The van der Waals surface area contributed by atoms with Gasteiger partial charge in [0.05, 0.1) is 6.54 Å². The Kier molecular flexibility index (Phi) is 4.08. The summed E-state index contributed by atoms with van der Waals surface area (Å²) < 4.78 is 45.6. The molecule has 0 bridgehead atoms. The third kappa shape index (κ3) is 2.95. The lowest BCUT2D eigenvalue weighted by Gasteiger charge is -2.17. The first-order valence-corrected chi connectivity index (χ1v) is 8.34. The van der Waals surface area contributed by atoms with Crippen molar-refractivity contribution in [3.63, 3.8) is 0 Å². The summed E-state index contributed by atoms with van der Waals surface area (Å²) in [6, 6.07) is 10.7. The van der Waals surface area contributed by atoms with E-state index in [9.17, 15) is 12.8 Å². The normalized spacial score (nSPS) is 19.2. The van der Waals surface area contributed by atoms with E-state index in [1.165, 1.54) is 22.5 Å². The van der Waals surface area contributed by atoms with Crippen molar-refractivity contribution in [2.24, 2.45) is 0 Å². The molecule has 1 saturated heterocycles. The highest BCUT2D eigenvalue weighted by molar-refractivity contribution is 7.89. The number of pyridine rings is 1. The molecule has 2 heterocycles. The topological polar surface area (TPSA) is 59.5 Å². The van der Waals surface area contributed by atoms with E-state index in [0.717, 1.165) is 6.07 Å². The molecule has 0 saturated carbocycles. The Hall–Kier alpha value is -1.99. The van der Waals surface area contributed by atoms with Crippen LogP contribution in [0.4, 0.5) is 4.39 Å². The average Bonchev–Trinajstić information content (AvgIpc) is 2.98. The molecule has 1 fully saturated rings. The van der Waals surface area contributed by atoms with Crippen molar-refractivity contribution in [2.75, 3.05) is 13.1 Å². The third-order valence-corrected chi connectivity index (χ3v) is 5.39. The second kappa shape index (κ2) is 6.02. The monoisotopic (exact) mass is 322 g/mol. The summed E-state index contributed by atoms with van der Waals surface area (Å²) >= 11 is 0. The van der Waals surface area contributed by atoms with Gasteiger partial charge < -0.3 is 4.74 Å². The maximum absolute atomic E-state index is 13.7. The second-order valence-electron chi connectivity index (χ2n) is 4.99. The average molecular weight is 322 g/mol. The number of hydrogen-bond acceptors (Lipinski definition) is 4. The molecule has 0 amide bonds. The number of rotatable bonds is 4. The Morgan fingerprint density at radius 1 is 1.18 bits per heavy atom. The van der Waals surface area contributed by atoms with E-state index in [4.69, 9.17) is 4.74 Å². The lowest BCUT2D eigenvalue weighted by Crippen LogP contribution is -2.31. The van der Waals surface area contributed by atoms with Crippen molar-refractivity contribution in [2.45, 2.75) is 17.4 Å². The number of sulfonamides is 1. The van der Waals surface area contributed by atoms with Gasteiger partial charge in [0.2, 0.25) is 15.9 Å². The molecular weight excluding hydrogens is 307 g/mol. The van der Waals surface area contributed by atoms with Gasteiger partial charge in [0, 0.05) is 18.8 Å². The van der Waals surface area contributed by atoms with E-state index < -0.39 is 15.8 Å². The highest BCUT2D eigenvalue weighted by Gasteiger charge is 2.35. The Morgan fingerprint density at radius 3 is 2.68 bits per heavy atom. The molecule has 0 spiro atoms. The second-order valence-corrected chi connectivity index (χ2v) is 6.90. The van der Waals surface area contributed by atoms with Gasteiger partial charge in [-0.1, -0.05) is 18.2 Å². The van der Waals surface area contributed by atoms with E-state index in [1.807, 2.05) is 0 Å². The molecule has 1 unspecified atom stereocenters. The van der Waals surface area contributed by atoms with Crippen molar-refractivity contribution in [1.29, 1.82) is 0 Å². The molecule has 1 aliphatic rings. The molecule has 7 heteroatoms. The summed E-state index contributed by atoms with van der Waals surface area (Å²) in [5, 5.41) is 0. The van der Waals surface area contributed by atoms with Gasteiger partial charge in [-0.05, 0) is 24.6 Å². The number of hydrogen-bond donors (Lipinski definition) is 0. The fourth-order valence-corrected chi connectivity index (χ4v) is 3.94. The summed E-state index contributed by atoms with van der Waals surface area (Å²) in [5.74, 6) is -0.283. The van der Waals surface area contributed by atoms with E-state index in [2.05, 4.69) is 4.98 Å². The van der Waals surface area contributed by atoms with Gasteiger partial charge in [0.15, 0.2) is 0 Å². The number of aromatic nitrogens is 1. The number of benzene rings is 1. The molecule has 0 radical (unpaired) electrons. The Bertz CT molecular complexity index is 752. The van der Waals surface area contributed by atoms with Gasteiger partial charge in [0.1, 0.15) is 16.8 Å². The molecule has 1 atom stereocenters. The molecule has 5 nitrogen and oxygen atoms in total. The fourth-order valence-electron chi connectivity index (χ4n) is 2.39. The SMILES string of the molecule is O=S(=O)(c1ccccc1F)N1CCC(Oc2ccccn2)C1. The lowest BCUT2D eigenvalue weighted by molar-refractivity contribution is 0.207. The highest BCUT2D eigenvalue weighted by atomic mass is 32.2. The van der Waals surface area contributed by atoms with Crippen molar-refractivity contribution in [3.05, 3.63) is 54.5 Å². The first-order chi connectivity index (χ1) is 10.6. The Labute approximate surface area is 128 Å². The zero-order valence-electron chi connectivity index (χ0n) is 11.7. The standard InChI is InChI=1S/C15H15FN2O3S/c16-13-5-1-2-6-14(13)22(19,20)18-10-8-12(11-18)21-15-7-3-4-9-17-15/h1-7,9,12H,8,10-11H2. The van der Waals surface area contributed by atoms with E-state index in [0.29, 0.717) is 18.8 Å². The summed E-state index contributed by atoms with van der Waals surface area (Å²) in [5.41, 5.74) is 0. The van der Waals surface area contributed by atoms with E-state index in [-0.39, 0.29) is 17.5 Å². The largest absolute Gasteiger partial charge is 0.473 e. The van der Waals surface area contributed by atoms with Crippen LogP contribution in [0.2, 0.25) is 0 Å².